The molecule has 2 aliphatic rings. The molecule has 0 aromatic heterocycles. The van der Waals surface area contributed by atoms with Gasteiger partial charge in [-0.05, 0) is 39.8 Å². The molecule has 19 heavy (non-hydrogen) atoms. The number of piperazine rings is 1. The molecule has 2 aliphatic heterocycles. The monoisotopic (exact) mass is 267 g/mol. The van der Waals surface area contributed by atoms with E-state index in [0.29, 0.717) is 6.10 Å². The summed E-state index contributed by atoms with van der Waals surface area (Å²) in [5, 5.41) is 3.59. The van der Waals surface area contributed by atoms with Gasteiger partial charge in [0.2, 0.25) is 0 Å². The van der Waals surface area contributed by atoms with Crippen LogP contribution >= 0.6 is 0 Å². The second kappa shape index (κ2) is 6.73. The second-order valence-corrected chi connectivity index (χ2v) is 6.44. The first kappa shape index (κ1) is 14.8. The van der Waals surface area contributed by atoms with Gasteiger partial charge in [-0.25, -0.2) is 0 Å². The molecule has 0 spiro atoms. The van der Waals surface area contributed by atoms with Crippen LogP contribution in [0.1, 0.15) is 26.7 Å². The van der Waals surface area contributed by atoms with E-state index in [0.717, 1.165) is 25.9 Å². The Labute approximate surface area is 117 Å². The van der Waals surface area contributed by atoms with Gasteiger partial charge in [-0.3, -0.25) is 4.90 Å². The molecular formula is C15H29N3O. The third-order valence-electron chi connectivity index (χ3n) is 4.31. The van der Waals surface area contributed by atoms with E-state index in [9.17, 15) is 0 Å². The minimum Gasteiger partial charge on any atom is -0.497 e. The summed E-state index contributed by atoms with van der Waals surface area (Å²) in [6.45, 7) is 11.4. The maximum atomic E-state index is 5.59. The molecule has 4 heteroatoms. The lowest BCUT2D eigenvalue weighted by Gasteiger charge is -2.43. The minimum absolute atomic E-state index is 0.228. The zero-order valence-corrected chi connectivity index (χ0v) is 12.7. The van der Waals surface area contributed by atoms with Crippen molar-refractivity contribution < 1.29 is 4.74 Å². The van der Waals surface area contributed by atoms with Crippen LogP contribution in [0.2, 0.25) is 0 Å². The Balaban J connectivity index is 1.69. The maximum Gasteiger partial charge on any atom is 0.110 e. The lowest BCUT2D eigenvalue weighted by molar-refractivity contribution is 0.0572. The first-order valence-corrected chi connectivity index (χ1v) is 7.53. The highest BCUT2D eigenvalue weighted by molar-refractivity contribution is 4.88. The summed E-state index contributed by atoms with van der Waals surface area (Å²) in [6, 6.07) is 0. The van der Waals surface area contributed by atoms with Crippen LogP contribution in [0, 0.1) is 0 Å². The van der Waals surface area contributed by atoms with Crippen LogP contribution in [0.3, 0.4) is 0 Å². The van der Waals surface area contributed by atoms with Gasteiger partial charge in [-0.1, -0.05) is 0 Å². The van der Waals surface area contributed by atoms with Gasteiger partial charge in [-0.15, -0.1) is 0 Å². The van der Waals surface area contributed by atoms with Gasteiger partial charge in [0.05, 0.1) is 6.26 Å². The predicted octanol–water partition coefficient (Wildman–Crippen LogP) is 1.29. The van der Waals surface area contributed by atoms with E-state index in [2.05, 4.69) is 42.1 Å². The van der Waals surface area contributed by atoms with Crippen molar-refractivity contribution in [1.29, 1.82) is 0 Å². The molecule has 0 radical (unpaired) electrons. The first-order chi connectivity index (χ1) is 9.08. The summed E-state index contributed by atoms with van der Waals surface area (Å²) in [7, 11) is 2.20. The molecule has 0 aliphatic carbocycles. The van der Waals surface area contributed by atoms with E-state index in [1.165, 1.54) is 26.2 Å². The zero-order chi connectivity index (χ0) is 13.7. The van der Waals surface area contributed by atoms with Gasteiger partial charge in [0, 0.05) is 44.8 Å². The smallest absolute Gasteiger partial charge is 0.110 e. The topological polar surface area (TPSA) is 27.7 Å². The SMILES string of the molecule is CN1CCN(C(C)(C)CNCC2CCC=CO2)CC1. The Kier molecular flexibility index (Phi) is 5.25. The van der Waals surface area contributed by atoms with Crippen LogP contribution in [0.15, 0.2) is 12.3 Å². The van der Waals surface area contributed by atoms with Crippen molar-refractivity contribution in [3.8, 4) is 0 Å². The van der Waals surface area contributed by atoms with Gasteiger partial charge in [0.25, 0.3) is 0 Å². The van der Waals surface area contributed by atoms with E-state index >= 15 is 0 Å². The quantitative estimate of drug-likeness (QED) is 0.812. The Morgan fingerprint density at radius 1 is 1.26 bits per heavy atom. The Hall–Kier alpha value is -0.580. The highest BCUT2D eigenvalue weighted by Gasteiger charge is 2.28. The van der Waals surface area contributed by atoms with E-state index in [4.69, 9.17) is 4.74 Å². The molecule has 0 saturated carbocycles. The van der Waals surface area contributed by atoms with E-state index in [1.54, 1.807) is 0 Å². The fraction of sp³-hybridized carbons (Fsp3) is 0.867. The average Bonchev–Trinajstić information content (AvgIpc) is 2.40. The molecule has 1 N–H and O–H groups in total. The van der Waals surface area contributed by atoms with Gasteiger partial charge in [-0.2, -0.15) is 0 Å². The molecule has 110 valence electrons. The van der Waals surface area contributed by atoms with Crippen molar-refractivity contribution in [3.05, 3.63) is 12.3 Å². The van der Waals surface area contributed by atoms with Crippen LogP contribution in [0.4, 0.5) is 0 Å². The maximum absolute atomic E-state index is 5.59. The standard InChI is InChI=1S/C15H29N3O/c1-15(2,18-9-7-17(3)8-10-18)13-16-12-14-6-4-5-11-19-14/h5,11,14,16H,4,6-10,12-13H2,1-3H3. The van der Waals surface area contributed by atoms with E-state index in [-0.39, 0.29) is 5.54 Å². The van der Waals surface area contributed by atoms with E-state index in [1.807, 2.05) is 6.26 Å². The summed E-state index contributed by atoms with van der Waals surface area (Å²) in [5.74, 6) is 0. The zero-order valence-electron chi connectivity index (χ0n) is 12.7. The van der Waals surface area contributed by atoms with Crippen molar-refractivity contribution in [1.82, 2.24) is 15.1 Å². The van der Waals surface area contributed by atoms with Crippen molar-refractivity contribution >= 4 is 0 Å². The number of hydrogen-bond donors (Lipinski definition) is 1. The number of rotatable bonds is 5. The van der Waals surface area contributed by atoms with Crippen molar-refractivity contribution in [3.63, 3.8) is 0 Å². The van der Waals surface area contributed by atoms with Gasteiger partial charge in [0.1, 0.15) is 6.10 Å². The van der Waals surface area contributed by atoms with Gasteiger partial charge >= 0.3 is 0 Å². The third kappa shape index (κ3) is 4.48. The fourth-order valence-electron chi connectivity index (χ4n) is 2.80. The van der Waals surface area contributed by atoms with Crippen LogP contribution < -0.4 is 5.32 Å². The molecule has 2 heterocycles. The van der Waals surface area contributed by atoms with Crippen LogP contribution in [-0.2, 0) is 4.74 Å². The highest BCUT2D eigenvalue weighted by Crippen LogP contribution is 2.16. The molecule has 0 amide bonds. The number of nitrogens with one attached hydrogen (secondary N) is 1. The summed E-state index contributed by atoms with van der Waals surface area (Å²) in [6.07, 6.45) is 6.59. The molecule has 0 aromatic rings. The number of nitrogens with zero attached hydrogens (tertiary/aromatic N) is 2. The van der Waals surface area contributed by atoms with Crippen molar-refractivity contribution in [2.24, 2.45) is 0 Å². The summed E-state index contributed by atoms with van der Waals surface area (Å²) in [4.78, 5) is 5.00. The molecule has 0 aromatic carbocycles. The van der Waals surface area contributed by atoms with Crippen LogP contribution in [-0.4, -0.2) is 67.8 Å². The highest BCUT2D eigenvalue weighted by atomic mass is 16.5. The van der Waals surface area contributed by atoms with Gasteiger partial charge in [0.15, 0.2) is 0 Å². The summed E-state index contributed by atoms with van der Waals surface area (Å²) < 4.78 is 5.59. The lowest BCUT2D eigenvalue weighted by Crippen LogP contribution is -2.57. The number of hydrogen-bond acceptors (Lipinski definition) is 4. The summed E-state index contributed by atoms with van der Waals surface area (Å²) in [5.41, 5.74) is 0.228. The molecular weight excluding hydrogens is 238 g/mol. The largest absolute Gasteiger partial charge is 0.497 e. The fourth-order valence-corrected chi connectivity index (χ4v) is 2.80. The molecule has 1 atom stereocenters. The molecule has 1 fully saturated rings. The molecule has 4 nitrogen and oxygen atoms in total. The molecule has 1 saturated heterocycles. The first-order valence-electron chi connectivity index (χ1n) is 7.53. The van der Waals surface area contributed by atoms with E-state index < -0.39 is 0 Å². The van der Waals surface area contributed by atoms with Crippen LogP contribution in [0.5, 0.6) is 0 Å². The van der Waals surface area contributed by atoms with Crippen LogP contribution in [0.25, 0.3) is 0 Å². The summed E-state index contributed by atoms with van der Waals surface area (Å²) >= 11 is 0. The molecule has 0 bridgehead atoms. The number of ether oxygens (including phenoxy) is 1. The molecule has 2 rings (SSSR count). The minimum atomic E-state index is 0.228. The Bertz CT molecular complexity index is 296. The van der Waals surface area contributed by atoms with Crippen molar-refractivity contribution in [2.75, 3.05) is 46.3 Å². The average molecular weight is 267 g/mol. The molecule has 1 unspecified atom stereocenters. The van der Waals surface area contributed by atoms with Gasteiger partial charge < -0.3 is 15.0 Å². The Morgan fingerprint density at radius 3 is 2.63 bits per heavy atom. The predicted molar refractivity (Wildman–Crippen MR) is 79.3 cm³/mol. The normalized spacial score (nSPS) is 26.4. The second-order valence-electron chi connectivity index (χ2n) is 6.44. The number of allylic oxidation sites excluding steroid dienone is 1. The number of likely N-dealkylation sites (N-methyl/N-ethyl adjacent to an activating group) is 1. The van der Waals surface area contributed by atoms with Crippen molar-refractivity contribution in [2.45, 2.75) is 38.3 Å². The lowest BCUT2D eigenvalue weighted by atomic mass is 10.0. The Morgan fingerprint density at radius 2 is 2.00 bits per heavy atom. The third-order valence-corrected chi connectivity index (χ3v) is 4.31.